The van der Waals surface area contributed by atoms with E-state index < -0.39 is 33.3 Å². The first-order valence-corrected chi connectivity index (χ1v) is 7.94. The van der Waals surface area contributed by atoms with Crippen molar-refractivity contribution >= 4 is 10.0 Å². The fourth-order valence-electron chi connectivity index (χ4n) is 1.93. The molecule has 1 aromatic carbocycles. The monoisotopic (exact) mass is 325 g/mol. The van der Waals surface area contributed by atoms with Crippen LogP contribution in [0.2, 0.25) is 0 Å². The van der Waals surface area contributed by atoms with E-state index in [1.165, 1.54) is 12.1 Å². The molecule has 2 rings (SSSR count). The zero-order valence-electron chi connectivity index (χ0n) is 11.3. The van der Waals surface area contributed by atoms with Crippen molar-refractivity contribution in [2.45, 2.75) is 43.8 Å². The minimum Gasteiger partial charge on any atom is -0.212 e. The predicted octanol–water partition coefficient (Wildman–Crippen LogP) is 3.07. The molecule has 0 N–H and O–H groups in total. The zero-order chi connectivity index (χ0) is 15.8. The molecule has 0 unspecified atom stereocenters. The predicted molar refractivity (Wildman–Crippen MR) is 69.4 cm³/mol. The second kappa shape index (κ2) is 5.57. The summed E-state index contributed by atoms with van der Waals surface area (Å²) in [5, 5.41) is -2.45. The Morgan fingerprint density at radius 1 is 1.24 bits per heavy atom. The van der Waals surface area contributed by atoms with Crippen molar-refractivity contribution in [2.24, 2.45) is 0 Å². The maximum atomic E-state index is 12.8. The van der Waals surface area contributed by atoms with Gasteiger partial charge in [-0.05, 0) is 37.5 Å². The molecule has 0 aromatic heterocycles. The summed E-state index contributed by atoms with van der Waals surface area (Å²) in [5.41, 5.74) is 0.459. The Hall–Kier alpha value is -1.15. The second-order valence-corrected chi connectivity index (χ2v) is 7.34. The van der Waals surface area contributed by atoms with Crippen molar-refractivity contribution in [1.29, 1.82) is 0 Å². The van der Waals surface area contributed by atoms with Crippen LogP contribution in [0.1, 0.15) is 25.3 Å². The number of halogens is 4. The number of nitrogens with zero attached hydrogens (tertiary/aromatic N) is 1. The van der Waals surface area contributed by atoms with Crippen molar-refractivity contribution in [1.82, 2.24) is 4.31 Å². The molecular weight excluding hydrogens is 310 g/mol. The number of alkyl halides is 3. The van der Waals surface area contributed by atoms with E-state index in [1.54, 1.807) is 0 Å². The average molecular weight is 325 g/mol. The van der Waals surface area contributed by atoms with Crippen LogP contribution >= 0.6 is 0 Å². The molecule has 1 aliphatic rings. The Kier molecular flexibility index (Phi) is 4.30. The Labute approximate surface area is 120 Å². The first-order chi connectivity index (χ1) is 9.62. The highest BCUT2D eigenvalue weighted by molar-refractivity contribution is 7.89. The topological polar surface area (TPSA) is 37.4 Å². The summed E-state index contributed by atoms with van der Waals surface area (Å²) in [4.78, 5) is 0. The van der Waals surface area contributed by atoms with Crippen LogP contribution in [0.5, 0.6) is 0 Å². The molecule has 1 aliphatic carbocycles. The van der Waals surface area contributed by atoms with Gasteiger partial charge in [-0.3, -0.25) is 0 Å². The highest BCUT2D eigenvalue weighted by Crippen LogP contribution is 2.36. The van der Waals surface area contributed by atoms with Gasteiger partial charge in [-0.15, -0.1) is 0 Å². The molecule has 3 nitrogen and oxygen atoms in total. The molecule has 1 fully saturated rings. The van der Waals surface area contributed by atoms with Gasteiger partial charge in [-0.1, -0.05) is 12.1 Å². The molecule has 21 heavy (non-hydrogen) atoms. The van der Waals surface area contributed by atoms with Crippen LogP contribution in [0.15, 0.2) is 24.3 Å². The normalized spacial score (nSPS) is 18.0. The summed E-state index contributed by atoms with van der Waals surface area (Å²) in [7, 11) is -4.49. The zero-order valence-corrected chi connectivity index (χ0v) is 12.1. The summed E-state index contributed by atoms with van der Waals surface area (Å²) in [6, 6.07) is 4.65. The van der Waals surface area contributed by atoms with Crippen molar-refractivity contribution in [3.63, 3.8) is 0 Å². The van der Waals surface area contributed by atoms with Crippen LogP contribution < -0.4 is 0 Å². The number of benzene rings is 1. The summed E-state index contributed by atoms with van der Waals surface area (Å²) < 4.78 is 76.2. The lowest BCUT2D eigenvalue weighted by molar-refractivity contribution is -0.127. The van der Waals surface area contributed by atoms with E-state index in [0.29, 0.717) is 25.3 Å². The van der Waals surface area contributed by atoms with E-state index in [2.05, 4.69) is 0 Å². The largest absolute Gasteiger partial charge is 0.406 e. The summed E-state index contributed by atoms with van der Waals surface area (Å²) in [5.74, 6) is -0.483. The third-order valence-corrected chi connectivity index (χ3v) is 5.68. The number of rotatable bonds is 5. The standard InChI is InChI=1S/C13H15F4NO2S/c1-9(13(15,16)17)21(19,20)18(12-6-7-12)8-10-2-4-11(14)5-3-10/h2-5,9,12H,6-8H2,1H3/t9-/m0/s1. The van der Waals surface area contributed by atoms with Crippen LogP contribution in [0.25, 0.3) is 0 Å². The molecule has 8 heteroatoms. The first-order valence-electron chi connectivity index (χ1n) is 6.44. The quantitative estimate of drug-likeness (QED) is 0.780. The molecule has 0 saturated heterocycles. The highest BCUT2D eigenvalue weighted by atomic mass is 32.2. The van der Waals surface area contributed by atoms with Crippen molar-refractivity contribution in [2.75, 3.05) is 0 Å². The van der Waals surface area contributed by atoms with Gasteiger partial charge in [0.15, 0.2) is 5.25 Å². The molecule has 118 valence electrons. The average Bonchev–Trinajstić information content (AvgIpc) is 3.20. The van der Waals surface area contributed by atoms with Crippen LogP contribution in [-0.4, -0.2) is 30.2 Å². The van der Waals surface area contributed by atoms with Crippen molar-refractivity contribution in [3.05, 3.63) is 35.6 Å². The Morgan fingerprint density at radius 2 is 1.76 bits per heavy atom. The SMILES string of the molecule is C[C@@H](C(F)(F)F)S(=O)(=O)N(Cc1ccc(F)cc1)C1CC1. The minimum absolute atomic E-state index is 0.173. The molecule has 0 spiro atoms. The smallest absolute Gasteiger partial charge is 0.212 e. The maximum absolute atomic E-state index is 12.8. The van der Waals surface area contributed by atoms with E-state index in [9.17, 15) is 26.0 Å². The van der Waals surface area contributed by atoms with Gasteiger partial charge in [-0.2, -0.15) is 17.5 Å². The lowest BCUT2D eigenvalue weighted by atomic mass is 10.2. The van der Waals surface area contributed by atoms with Gasteiger partial charge in [0.2, 0.25) is 10.0 Å². The number of hydrogen-bond acceptors (Lipinski definition) is 2. The van der Waals surface area contributed by atoms with Gasteiger partial charge in [0.25, 0.3) is 0 Å². The Morgan fingerprint density at radius 3 is 2.19 bits per heavy atom. The molecule has 0 aliphatic heterocycles. The van der Waals surface area contributed by atoms with Crippen molar-refractivity contribution in [3.8, 4) is 0 Å². The maximum Gasteiger partial charge on any atom is 0.406 e. The second-order valence-electron chi connectivity index (χ2n) is 5.13. The summed E-state index contributed by atoms with van der Waals surface area (Å²) in [6.07, 6.45) is -3.72. The van der Waals surface area contributed by atoms with E-state index in [4.69, 9.17) is 0 Å². The first kappa shape index (κ1) is 16.2. The lowest BCUT2D eigenvalue weighted by Crippen LogP contribution is -2.45. The van der Waals surface area contributed by atoms with Gasteiger partial charge in [0.05, 0.1) is 0 Å². The number of sulfonamides is 1. The van der Waals surface area contributed by atoms with Crippen LogP contribution in [0.3, 0.4) is 0 Å². The fraction of sp³-hybridized carbons (Fsp3) is 0.538. The van der Waals surface area contributed by atoms with E-state index in [-0.39, 0.29) is 6.54 Å². The summed E-state index contributed by atoms with van der Waals surface area (Å²) in [6.45, 7) is 0.475. The molecule has 1 atom stereocenters. The summed E-state index contributed by atoms with van der Waals surface area (Å²) >= 11 is 0. The number of hydrogen-bond donors (Lipinski definition) is 0. The van der Waals surface area contributed by atoms with E-state index >= 15 is 0 Å². The Bertz CT molecular complexity index is 594. The molecule has 0 radical (unpaired) electrons. The van der Waals surface area contributed by atoms with E-state index in [0.717, 1.165) is 16.4 Å². The Balaban J connectivity index is 2.25. The lowest BCUT2D eigenvalue weighted by Gasteiger charge is -2.27. The van der Waals surface area contributed by atoms with Gasteiger partial charge in [0.1, 0.15) is 5.82 Å². The van der Waals surface area contributed by atoms with Crippen LogP contribution in [0, 0.1) is 5.82 Å². The van der Waals surface area contributed by atoms with Gasteiger partial charge < -0.3 is 0 Å². The van der Waals surface area contributed by atoms with Gasteiger partial charge in [0, 0.05) is 12.6 Å². The molecule has 0 heterocycles. The highest BCUT2D eigenvalue weighted by Gasteiger charge is 2.50. The molecule has 0 bridgehead atoms. The molecule has 1 aromatic rings. The molecular formula is C13H15F4NO2S. The van der Waals surface area contributed by atoms with Crippen LogP contribution in [0.4, 0.5) is 17.6 Å². The van der Waals surface area contributed by atoms with Crippen molar-refractivity contribution < 1.29 is 26.0 Å². The van der Waals surface area contributed by atoms with E-state index in [1.807, 2.05) is 0 Å². The third kappa shape index (κ3) is 3.74. The van der Waals surface area contributed by atoms with Crippen LogP contribution in [-0.2, 0) is 16.6 Å². The minimum atomic E-state index is -4.81. The molecule has 1 saturated carbocycles. The third-order valence-electron chi connectivity index (χ3n) is 3.44. The molecule has 0 amide bonds. The van der Waals surface area contributed by atoms with Gasteiger partial charge in [-0.25, -0.2) is 12.8 Å². The van der Waals surface area contributed by atoms with Gasteiger partial charge >= 0.3 is 6.18 Å². The fourth-order valence-corrected chi connectivity index (χ4v) is 3.63.